The molecule has 0 fully saturated rings. The Balaban J connectivity index is 2.91. The van der Waals surface area contributed by atoms with E-state index in [-0.39, 0.29) is 18.5 Å². The zero-order valence-corrected chi connectivity index (χ0v) is 10.9. The van der Waals surface area contributed by atoms with E-state index >= 15 is 0 Å². The molecule has 0 spiro atoms. The second-order valence-electron chi connectivity index (χ2n) is 4.35. The Labute approximate surface area is 103 Å². The normalized spacial score (nSPS) is 31.4. The quantitative estimate of drug-likeness (QED) is 0.559. The van der Waals surface area contributed by atoms with Crippen LogP contribution >= 0.6 is 0 Å². The summed E-state index contributed by atoms with van der Waals surface area (Å²) >= 11 is 0. The van der Waals surface area contributed by atoms with Crippen molar-refractivity contribution in [3.05, 3.63) is 12.2 Å². The van der Waals surface area contributed by atoms with Gasteiger partial charge in [-0.3, -0.25) is 4.79 Å². The van der Waals surface area contributed by atoms with Crippen LogP contribution < -0.4 is 0 Å². The molecule has 0 N–H and O–H groups in total. The Morgan fingerprint density at radius 2 is 2.12 bits per heavy atom. The van der Waals surface area contributed by atoms with Gasteiger partial charge in [-0.15, -0.1) is 0 Å². The number of hydrogen-bond donors (Lipinski definition) is 0. The summed E-state index contributed by atoms with van der Waals surface area (Å²) in [6, 6.07) is 0. The van der Waals surface area contributed by atoms with Crippen LogP contribution in [0.5, 0.6) is 0 Å². The number of carbonyl (C=O) groups excluding carboxylic acids is 1. The topological polar surface area (TPSA) is 44.8 Å². The van der Waals surface area contributed by atoms with Crippen molar-refractivity contribution in [2.75, 3.05) is 21.3 Å². The van der Waals surface area contributed by atoms with Gasteiger partial charge in [0.15, 0.2) is 0 Å². The van der Waals surface area contributed by atoms with E-state index in [9.17, 15) is 4.79 Å². The fraction of sp³-hybridized carbons (Fsp3) is 0.769. The first kappa shape index (κ1) is 14.2. The maximum absolute atomic E-state index is 11.5. The number of hydrogen-bond acceptors (Lipinski definition) is 4. The van der Waals surface area contributed by atoms with E-state index in [1.54, 1.807) is 14.2 Å². The third-order valence-corrected chi connectivity index (χ3v) is 3.38. The number of allylic oxidation sites excluding steroid dienone is 1. The largest absolute Gasteiger partial charge is 0.469 e. The minimum Gasteiger partial charge on any atom is -0.469 e. The van der Waals surface area contributed by atoms with Crippen LogP contribution in [-0.2, 0) is 19.0 Å². The second-order valence-corrected chi connectivity index (χ2v) is 4.35. The number of rotatable bonds is 4. The van der Waals surface area contributed by atoms with Gasteiger partial charge in [-0.2, -0.15) is 0 Å². The van der Waals surface area contributed by atoms with Gasteiger partial charge in [-0.1, -0.05) is 18.6 Å². The summed E-state index contributed by atoms with van der Waals surface area (Å²) in [6.07, 6.45) is 8.10. The van der Waals surface area contributed by atoms with Gasteiger partial charge in [-0.05, 0) is 19.3 Å². The van der Waals surface area contributed by atoms with Crippen LogP contribution in [0.15, 0.2) is 12.2 Å². The Morgan fingerprint density at radius 1 is 1.35 bits per heavy atom. The average Bonchev–Trinajstić information content (AvgIpc) is 2.33. The number of esters is 1. The summed E-state index contributed by atoms with van der Waals surface area (Å²) < 4.78 is 15.8. The Hall–Kier alpha value is -0.870. The summed E-state index contributed by atoms with van der Waals surface area (Å²) in [5.41, 5.74) is -0.598. The van der Waals surface area contributed by atoms with Crippen molar-refractivity contribution in [3.63, 3.8) is 0 Å². The Morgan fingerprint density at radius 3 is 2.71 bits per heavy atom. The molecule has 1 aliphatic rings. The SMILES string of the molecule is COC(=O)CC1(OC)CCCC/C=C/C1OC. The van der Waals surface area contributed by atoms with E-state index in [2.05, 4.69) is 6.08 Å². The highest BCUT2D eigenvalue weighted by molar-refractivity contribution is 5.70. The molecular formula is C13H22O4. The molecule has 1 aliphatic carbocycles. The summed E-state index contributed by atoms with van der Waals surface area (Å²) in [7, 11) is 4.67. The Bertz CT molecular complexity index is 275. The zero-order valence-electron chi connectivity index (χ0n) is 10.9. The van der Waals surface area contributed by atoms with E-state index in [1.807, 2.05) is 6.08 Å². The molecular weight excluding hydrogens is 220 g/mol. The van der Waals surface area contributed by atoms with Crippen molar-refractivity contribution in [1.29, 1.82) is 0 Å². The fourth-order valence-electron chi connectivity index (χ4n) is 2.31. The predicted molar refractivity (Wildman–Crippen MR) is 64.8 cm³/mol. The van der Waals surface area contributed by atoms with Gasteiger partial charge in [0.1, 0.15) is 11.7 Å². The van der Waals surface area contributed by atoms with Gasteiger partial charge in [-0.25, -0.2) is 0 Å². The van der Waals surface area contributed by atoms with Crippen molar-refractivity contribution >= 4 is 5.97 Å². The first-order chi connectivity index (χ1) is 8.18. The summed E-state index contributed by atoms with van der Waals surface area (Å²) in [5.74, 6) is -0.261. The molecule has 4 nitrogen and oxygen atoms in total. The molecule has 2 atom stereocenters. The van der Waals surface area contributed by atoms with Gasteiger partial charge in [0.05, 0.1) is 13.5 Å². The van der Waals surface area contributed by atoms with E-state index in [4.69, 9.17) is 14.2 Å². The summed E-state index contributed by atoms with van der Waals surface area (Å²) in [6.45, 7) is 0. The van der Waals surface area contributed by atoms with Crippen molar-refractivity contribution in [2.45, 2.75) is 43.8 Å². The minimum atomic E-state index is -0.598. The molecule has 0 aromatic rings. The standard InChI is InChI=1S/C13H22O4/c1-15-11-8-6-4-5-7-9-13(11,17-3)10-12(14)16-2/h6,8,11H,4-5,7,9-10H2,1-3H3/b8-6+. The van der Waals surface area contributed by atoms with Crippen LogP contribution in [-0.4, -0.2) is 39.0 Å². The first-order valence-corrected chi connectivity index (χ1v) is 6.00. The van der Waals surface area contributed by atoms with Crippen molar-refractivity contribution < 1.29 is 19.0 Å². The number of carbonyl (C=O) groups is 1. The molecule has 98 valence electrons. The van der Waals surface area contributed by atoms with Crippen molar-refractivity contribution in [2.24, 2.45) is 0 Å². The van der Waals surface area contributed by atoms with Gasteiger partial charge in [0.2, 0.25) is 0 Å². The lowest BCUT2D eigenvalue weighted by Gasteiger charge is -2.37. The summed E-state index contributed by atoms with van der Waals surface area (Å²) in [5, 5.41) is 0. The minimum absolute atomic E-state index is 0.202. The fourth-order valence-corrected chi connectivity index (χ4v) is 2.31. The molecule has 4 heteroatoms. The maximum atomic E-state index is 11.5. The van der Waals surface area contributed by atoms with E-state index in [0.717, 1.165) is 25.7 Å². The van der Waals surface area contributed by atoms with Crippen LogP contribution in [0.1, 0.15) is 32.1 Å². The molecule has 0 bridgehead atoms. The lowest BCUT2D eigenvalue weighted by molar-refractivity contribution is -0.157. The van der Waals surface area contributed by atoms with Crippen molar-refractivity contribution in [3.8, 4) is 0 Å². The van der Waals surface area contributed by atoms with Crippen LogP contribution in [0.4, 0.5) is 0 Å². The van der Waals surface area contributed by atoms with Gasteiger partial charge < -0.3 is 14.2 Å². The van der Waals surface area contributed by atoms with Crippen molar-refractivity contribution in [1.82, 2.24) is 0 Å². The predicted octanol–water partition coefficient (Wildman–Crippen LogP) is 2.08. The van der Waals surface area contributed by atoms with Gasteiger partial charge >= 0.3 is 5.97 Å². The number of methoxy groups -OCH3 is 3. The molecule has 2 unspecified atom stereocenters. The molecule has 17 heavy (non-hydrogen) atoms. The third-order valence-electron chi connectivity index (χ3n) is 3.38. The van der Waals surface area contributed by atoms with E-state index in [1.165, 1.54) is 7.11 Å². The first-order valence-electron chi connectivity index (χ1n) is 6.00. The second kappa shape index (κ2) is 6.77. The van der Waals surface area contributed by atoms with Gasteiger partial charge in [0.25, 0.3) is 0 Å². The zero-order chi connectivity index (χ0) is 12.7. The highest BCUT2D eigenvalue weighted by atomic mass is 16.5. The molecule has 0 aliphatic heterocycles. The lowest BCUT2D eigenvalue weighted by Crippen LogP contribution is -2.46. The van der Waals surface area contributed by atoms with Crippen LogP contribution in [0.3, 0.4) is 0 Å². The smallest absolute Gasteiger partial charge is 0.308 e. The van der Waals surface area contributed by atoms with Gasteiger partial charge in [0, 0.05) is 14.2 Å². The highest BCUT2D eigenvalue weighted by Crippen LogP contribution is 2.32. The van der Waals surface area contributed by atoms with Crippen LogP contribution in [0.2, 0.25) is 0 Å². The molecule has 0 amide bonds. The molecule has 0 saturated heterocycles. The molecule has 0 aromatic carbocycles. The maximum Gasteiger partial charge on any atom is 0.308 e. The van der Waals surface area contributed by atoms with E-state index < -0.39 is 5.60 Å². The summed E-state index contributed by atoms with van der Waals surface area (Å²) in [4.78, 5) is 11.5. The molecule has 0 radical (unpaired) electrons. The highest BCUT2D eigenvalue weighted by Gasteiger charge is 2.40. The number of ether oxygens (including phenoxy) is 3. The monoisotopic (exact) mass is 242 g/mol. The van der Waals surface area contributed by atoms with Crippen LogP contribution in [0, 0.1) is 0 Å². The molecule has 0 saturated carbocycles. The van der Waals surface area contributed by atoms with E-state index in [0.29, 0.717) is 0 Å². The molecule has 0 aromatic heterocycles. The molecule has 1 rings (SSSR count). The third kappa shape index (κ3) is 3.54. The Kier molecular flexibility index (Phi) is 5.65. The average molecular weight is 242 g/mol. The van der Waals surface area contributed by atoms with Crippen LogP contribution in [0.25, 0.3) is 0 Å². The molecule has 0 heterocycles. The lowest BCUT2D eigenvalue weighted by atomic mass is 9.84.